The first-order valence-electron chi connectivity index (χ1n) is 24.7. The fourth-order valence-electron chi connectivity index (χ4n) is 7.46. The van der Waals surface area contributed by atoms with Crippen molar-refractivity contribution >= 4 is 17.9 Å². The molecule has 0 heterocycles. The van der Waals surface area contributed by atoms with E-state index in [9.17, 15) is 14.4 Å². The van der Waals surface area contributed by atoms with Gasteiger partial charge in [-0.05, 0) is 31.1 Å². The van der Waals surface area contributed by atoms with Crippen molar-refractivity contribution in [2.45, 2.75) is 278 Å². The van der Waals surface area contributed by atoms with Crippen LogP contribution < -0.4 is 0 Å². The summed E-state index contributed by atoms with van der Waals surface area (Å²) in [6.07, 6.45) is 42.5. The molecular weight excluding hydrogens is 697 g/mol. The highest BCUT2D eigenvalue weighted by molar-refractivity contribution is 5.71. The van der Waals surface area contributed by atoms with Crippen molar-refractivity contribution in [1.82, 2.24) is 0 Å². The van der Waals surface area contributed by atoms with Gasteiger partial charge in [0.25, 0.3) is 0 Å². The van der Waals surface area contributed by atoms with E-state index in [1.807, 2.05) is 0 Å². The van der Waals surface area contributed by atoms with Gasteiger partial charge in [0.15, 0.2) is 6.10 Å². The average molecular weight is 793 g/mol. The van der Waals surface area contributed by atoms with Gasteiger partial charge in [0.2, 0.25) is 0 Å². The zero-order chi connectivity index (χ0) is 41.2. The molecule has 0 fully saturated rings. The maximum absolute atomic E-state index is 12.7. The first-order chi connectivity index (χ1) is 27.2. The molecule has 0 aromatic carbocycles. The molecule has 0 radical (unpaired) electrons. The van der Waals surface area contributed by atoms with Gasteiger partial charge in [0.1, 0.15) is 13.2 Å². The quantitative estimate of drug-likeness (QED) is 0.0347. The minimum Gasteiger partial charge on any atom is -0.462 e. The topological polar surface area (TPSA) is 78.9 Å². The number of carbonyl (C=O) groups is 3. The lowest BCUT2D eigenvalue weighted by atomic mass is 10.0. The van der Waals surface area contributed by atoms with E-state index in [0.717, 1.165) is 69.6 Å². The Balaban J connectivity index is 4.23. The third-order valence-corrected chi connectivity index (χ3v) is 11.2. The monoisotopic (exact) mass is 793 g/mol. The van der Waals surface area contributed by atoms with Gasteiger partial charge < -0.3 is 14.2 Å². The molecule has 0 rings (SSSR count). The highest BCUT2D eigenvalue weighted by Gasteiger charge is 2.19. The van der Waals surface area contributed by atoms with E-state index in [2.05, 4.69) is 34.6 Å². The number of carbonyl (C=O) groups excluding carboxylic acids is 3. The molecule has 6 nitrogen and oxygen atoms in total. The summed E-state index contributed by atoms with van der Waals surface area (Å²) in [4.78, 5) is 37.8. The fraction of sp³-hybridized carbons (Fsp3) is 0.940. The molecule has 332 valence electrons. The van der Waals surface area contributed by atoms with Gasteiger partial charge in [-0.2, -0.15) is 0 Å². The Labute approximate surface area is 348 Å². The molecule has 0 aliphatic rings. The number of hydrogen-bond acceptors (Lipinski definition) is 6. The molecule has 0 aliphatic heterocycles. The Hall–Kier alpha value is -1.59. The Morgan fingerprint density at radius 2 is 0.589 bits per heavy atom. The second kappa shape index (κ2) is 43.0. The zero-order valence-electron chi connectivity index (χ0n) is 38.3. The standard InChI is InChI=1S/C50H96O6/c1-6-7-8-9-10-11-12-13-14-15-16-17-18-19-20-25-30-35-40-48(51)54-43-47(56-50(53)42-37-32-27-22-24-29-34-39-46(4)5)44-55-49(52)41-36-31-26-21-23-28-33-38-45(2)3/h45-47H,6-44H2,1-5H3/t47-/m1/s1. The van der Waals surface area contributed by atoms with Crippen LogP contribution in [0.15, 0.2) is 0 Å². The predicted molar refractivity (Wildman–Crippen MR) is 238 cm³/mol. The minimum atomic E-state index is -0.762. The molecule has 0 aromatic rings. The molecule has 0 amide bonds. The third-order valence-electron chi connectivity index (χ3n) is 11.2. The van der Waals surface area contributed by atoms with Gasteiger partial charge in [0, 0.05) is 19.3 Å². The first-order valence-corrected chi connectivity index (χ1v) is 24.7. The molecule has 0 aromatic heterocycles. The molecule has 0 N–H and O–H groups in total. The lowest BCUT2D eigenvalue weighted by Gasteiger charge is -2.18. The molecule has 56 heavy (non-hydrogen) atoms. The first kappa shape index (κ1) is 54.4. The van der Waals surface area contributed by atoms with Crippen LogP contribution in [-0.2, 0) is 28.6 Å². The average Bonchev–Trinajstić information content (AvgIpc) is 3.16. The van der Waals surface area contributed by atoms with Gasteiger partial charge >= 0.3 is 17.9 Å². The Kier molecular flexibility index (Phi) is 41.8. The van der Waals surface area contributed by atoms with Crippen molar-refractivity contribution < 1.29 is 28.6 Å². The molecule has 0 unspecified atom stereocenters. The van der Waals surface area contributed by atoms with Gasteiger partial charge in [-0.25, -0.2) is 0 Å². The van der Waals surface area contributed by atoms with E-state index in [4.69, 9.17) is 14.2 Å². The molecule has 0 saturated carbocycles. The number of esters is 3. The number of unbranched alkanes of at least 4 members (excludes halogenated alkanes) is 29. The lowest BCUT2D eigenvalue weighted by molar-refractivity contribution is -0.167. The van der Waals surface area contributed by atoms with Gasteiger partial charge in [-0.3, -0.25) is 14.4 Å². The Bertz CT molecular complexity index is 854. The molecule has 1 atom stereocenters. The number of ether oxygens (including phenoxy) is 3. The van der Waals surface area contributed by atoms with Crippen molar-refractivity contribution in [3.05, 3.63) is 0 Å². The van der Waals surface area contributed by atoms with Gasteiger partial charge in [-0.1, -0.05) is 234 Å². The maximum Gasteiger partial charge on any atom is 0.306 e. The maximum atomic E-state index is 12.7. The van der Waals surface area contributed by atoms with Crippen molar-refractivity contribution in [2.24, 2.45) is 11.8 Å². The van der Waals surface area contributed by atoms with E-state index in [1.54, 1.807) is 0 Å². The van der Waals surface area contributed by atoms with Crippen molar-refractivity contribution in [3.63, 3.8) is 0 Å². The number of rotatable bonds is 44. The molecule has 0 bridgehead atoms. The Morgan fingerprint density at radius 1 is 0.339 bits per heavy atom. The molecule has 0 spiro atoms. The smallest absolute Gasteiger partial charge is 0.306 e. The summed E-state index contributed by atoms with van der Waals surface area (Å²) in [7, 11) is 0. The fourth-order valence-corrected chi connectivity index (χ4v) is 7.46. The summed E-state index contributed by atoms with van der Waals surface area (Å²) in [5, 5.41) is 0. The lowest BCUT2D eigenvalue weighted by Crippen LogP contribution is -2.30. The van der Waals surface area contributed by atoms with Crippen molar-refractivity contribution in [1.29, 1.82) is 0 Å². The summed E-state index contributed by atoms with van der Waals surface area (Å²) >= 11 is 0. The summed E-state index contributed by atoms with van der Waals surface area (Å²) in [5.74, 6) is 0.701. The van der Waals surface area contributed by atoms with E-state index in [1.165, 1.54) is 161 Å². The van der Waals surface area contributed by atoms with E-state index in [0.29, 0.717) is 19.3 Å². The normalized spacial score (nSPS) is 12.1. The molecule has 0 saturated heterocycles. The SMILES string of the molecule is CCCCCCCCCCCCCCCCCCCCC(=O)OC[C@H](COC(=O)CCCCCCCCCC(C)C)OC(=O)CCCCCCCCCC(C)C. The van der Waals surface area contributed by atoms with Crippen LogP contribution in [0.2, 0.25) is 0 Å². The van der Waals surface area contributed by atoms with Crippen molar-refractivity contribution in [2.75, 3.05) is 13.2 Å². The van der Waals surface area contributed by atoms with Crippen LogP contribution >= 0.6 is 0 Å². The third kappa shape index (κ3) is 43.5. The van der Waals surface area contributed by atoms with E-state index >= 15 is 0 Å². The Morgan fingerprint density at radius 3 is 0.875 bits per heavy atom. The van der Waals surface area contributed by atoms with Crippen LogP contribution in [0.1, 0.15) is 272 Å². The molecule has 6 heteroatoms. The summed E-state index contributed by atoms with van der Waals surface area (Å²) in [6.45, 7) is 11.3. The van der Waals surface area contributed by atoms with E-state index < -0.39 is 6.10 Å². The van der Waals surface area contributed by atoms with Crippen LogP contribution in [0.3, 0.4) is 0 Å². The minimum absolute atomic E-state index is 0.0654. The van der Waals surface area contributed by atoms with Crippen molar-refractivity contribution in [3.8, 4) is 0 Å². The van der Waals surface area contributed by atoms with Gasteiger partial charge in [-0.15, -0.1) is 0 Å². The second-order valence-electron chi connectivity index (χ2n) is 18.1. The van der Waals surface area contributed by atoms with Crippen LogP contribution in [-0.4, -0.2) is 37.2 Å². The highest BCUT2D eigenvalue weighted by atomic mass is 16.6. The van der Waals surface area contributed by atoms with Crippen LogP contribution in [0.4, 0.5) is 0 Å². The zero-order valence-corrected chi connectivity index (χ0v) is 38.3. The summed E-state index contributed by atoms with van der Waals surface area (Å²) in [5.41, 5.74) is 0. The molecular formula is C50H96O6. The number of hydrogen-bond donors (Lipinski definition) is 0. The second-order valence-corrected chi connectivity index (χ2v) is 18.1. The van der Waals surface area contributed by atoms with Crippen LogP contribution in [0.5, 0.6) is 0 Å². The largest absolute Gasteiger partial charge is 0.462 e. The van der Waals surface area contributed by atoms with E-state index in [-0.39, 0.29) is 31.1 Å². The summed E-state index contributed by atoms with van der Waals surface area (Å²) in [6, 6.07) is 0. The summed E-state index contributed by atoms with van der Waals surface area (Å²) < 4.78 is 16.7. The highest BCUT2D eigenvalue weighted by Crippen LogP contribution is 2.17. The van der Waals surface area contributed by atoms with Gasteiger partial charge in [0.05, 0.1) is 0 Å². The molecule has 0 aliphatic carbocycles. The van der Waals surface area contributed by atoms with Crippen LogP contribution in [0, 0.1) is 11.8 Å². The predicted octanol–water partition coefficient (Wildman–Crippen LogP) is 15.8. The van der Waals surface area contributed by atoms with Crippen LogP contribution in [0.25, 0.3) is 0 Å².